The third-order valence-corrected chi connectivity index (χ3v) is 4.30. The first-order valence-electron chi connectivity index (χ1n) is 7.43. The molecular weight excluding hydrogens is 427 g/mol. The highest BCUT2D eigenvalue weighted by Crippen LogP contribution is 2.35. The summed E-state index contributed by atoms with van der Waals surface area (Å²) in [4.78, 5) is 11.8. The molecule has 6 nitrogen and oxygen atoms in total. The third kappa shape index (κ3) is 5.46. The first-order valence-corrected chi connectivity index (χ1v) is 8.60. The van der Waals surface area contributed by atoms with Crippen molar-refractivity contribution in [3.8, 4) is 0 Å². The third-order valence-electron chi connectivity index (χ3n) is 3.44. The molecule has 0 saturated heterocycles. The van der Waals surface area contributed by atoms with Crippen molar-refractivity contribution in [1.82, 2.24) is 24.9 Å². The summed E-state index contributed by atoms with van der Waals surface area (Å²) in [7, 11) is 0. The summed E-state index contributed by atoms with van der Waals surface area (Å²) in [5.41, 5.74) is -0.941. The SMILES string of the molecule is Cc1c(Cl)c(C(F)(F)F)nn1CCC(=O)NCCCn1cc(Br)cn1. The molecule has 1 N–H and O–H groups in total. The number of aromatic nitrogens is 4. The fourth-order valence-corrected chi connectivity index (χ4v) is 2.72. The van der Waals surface area contributed by atoms with Gasteiger partial charge in [0.05, 0.1) is 27.9 Å². The van der Waals surface area contributed by atoms with Crippen LogP contribution in [0.15, 0.2) is 16.9 Å². The molecular formula is C14H16BrClF3N5O. The molecule has 0 radical (unpaired) electrons. The monoisotopic (exact) mass is 441 g/mol. The van der Waals surface area contributed by atoms with Crippen molar-refractivity contribution in [1.29, 1.82) is 0 Å². The molecule has 0 aromatic carbocycles. The van der Waals surface area contributed by atoms with E-state index in [9.17, 15) is 18.0 Å². The number of hydrogen-bond acceptors (Lipinski definition) is 3. The van der Waals surface area contributed by atoms with Crippen LogP contribution in [0.2, 0.25) is 5.02 Å². The summed E-state index contributed by atoms with van der Waals surface area (Å²) in [6, 6.07) is 0. The lowest BCUT2D eigenvalue weighted by atomic mass is 10.3. The molecule has 25 heavy (non-hydrogen) atoms. The van der Waals surface area contributed by atoms with Gasteiger partial charge in [0.1, 0.15) is 0 Å². The van der Waals surface area contributed by atoms with Crippen LogP contribution in [0, 0.1) is 6.92 Å². The normalized spacial score (nSPS) is 11.8. The molecule has 0 unspecified atom stereocenters. The predicted molar refractivity (Wildman–Crippen MR) is 89.1 cm³/mol. The van der Waals surface area contributed by atoms with Gasteiger partial charge in [0, 0.05) is 25.7 Å². The average Bonchev–Trinajstić information content (AvgIpc) is 3.06. The number of carbonyl (C=O) groups excluding carboxylic acids is 1. The smallest absolute Gasteiger partial charge is 0.356 e. The molecule has 0 atom stereocenters. The van der Waals surface area contributed by atoms with Gasteiger partial charge in [-0.1, -0.05) is 11.6 Å². The predicted octanol–water partition coefficient (Wildman–Crippen LogP) is 3.42. The van der Waals surface area contributed by atoms with E-state index in [0.29, 0.717) is 19.5 Å². The zero-order valence-electron chi connectivity index (χ0n) is 13.3. The fraction of sp³-hybridized carbons (Fsp3) is 0.500. The van der Waals surface area contributed by atoms with Crippen molar-refractivity contribution in [2.45, 2.75) is 39.0 Å². The Morgan fingerprint density at radius 3 is 2.68 bits per heavy atom. The Labute approximate surface area is 155 Å². The van der Waals surface area contributed by atoms with Crippen LogP contribution in [0.3, 0.4) is 0 Å². The van der Waals surface area contributed by atoms with Gasteiger partial charge in [-0.05, 0) is 29.3 Å². The summed E-state index contributed by atoms with van der Waals surface area (Å²) in [5.74, 6) is -0.263. The van der Waals surface area contributed by atoms with Crippen molar-refractivity contribution < 1.29 is 18.0 Å². The topological polar surface area (TPSA) is 64.7 Å². The van der Waals surface area contributed by atoms with E-state index in [0.717, 1.165) is 9.15 Å². The van der Waals surface area contributed by atoms with Gasteiger partial charge in [0.25, 0.3) is 0 Å². The summed E-state index contributed by atoms with van der Waals surface area (Å²) < 4.78 is 41.9. The van der Waals surface area contributed by atoms with Crippen LogP contribution in [0.4, 0.5) is 13.2 Å². The molecule has 0 aliphatic rings. The lowest BCUT2D eigenvalue weighted by molar-refractivity contribution is -0.141. The number of alkyl halides is 3. The molecule has 2 aromatic heterocycles. The van der Waals surface area contributed by atoms with E-state index in [4.69, 9.17) is 11.6 Å². The van der Waals surface area contributed by atoms with Crippen LogP contribution in [0.25, 0.3) is 0 Å². The Kier molecular flexibility index (Phi) is 6.50. The summed E-state index contributed by atoms with van der Waals surface area (Å²) in [6.07, 6.45) is -0.416. The first-order chi connectivity index (χ1) is 11.7. The Morgan fingerprint density at radius 2 is 2.12 bits per heavy atom. The van der Waals surface area contributed by atoms with E-state index in [2.05, 4.69) is 31.4 Å². The number of amides is 1. The number of aryl methyl sites for hydroxylation is 2. The van der Waals surface area contributed by atoms with E-state index in [1.54, 1.807) is 10.9 Å². The quantitative estimate of drug-likeness (QED) is 0.668. The number of carbonyl (C=O) groups is 1. The first kappa shape index (κ1) is 19.8. The van der Waals surface area contributed by atoms with E-state index in [1.807, 2.05) is 6.20 Å². The van der Waals surface area contributed by atoms with Gasteiger partial charge >= 0.3 is 6.18 Å². The molecule has 0 saturated carbocycles. The fourth-order valence-electron chi connectivity index (χ4n) is 2.15. The maximum atomic E-state index is 12.7. The highest BCUT2D eigenvalue weighted by Gasteiger charge is 2.38. The second-order valence-electron chi connectivity index (χ2n) is 5.34. The highest BCUT2D eigenvalue weighted by atomic mass is 79.9. The molecule has 0 aliphatic heterocycles. The van der Waals surface area contributed by atoms with Gasteiger partial charge in [-0.2, -0.15) is 23.4 Å². The van der Waals surface area contributed by atoms with Gasteiger partial charge in [-0.25, -0.2) is 0 Å². The lowest BCUT2D eigenvalue weighted by Crippen LogP contribution is -2.26. The molecule has 2 aromatic rings. The number of halogens is 5. The molecule has 0 fully saturated rings. The minimum atomic E-state index is -4.61. The minimum Gasteiger partial charge on any atom is -0.356 e. The molecule has 0 spiro atoms. The van der Waals surface area contributed by atoms with E-state index in [1.165, 1.54) is 6.92 Å². The standard InChI is InChI=1S/C14H16BrClF3N5O/c1-9-12(16)13(14(17,18)19)22-24(9)6-3-11(25)20-4-2-5-23-8-10(15)7-21-23/h7-8H,2-6H2,1H3,(H,20,25). The minimum absolute atomic E-state index is 0.0173. The van der Waals surface area contributed by atoms with E-state index >= 15 is 0 Å². The molecule has 11 heteroatoms. The van der Waals surface area contributed by atoms with E-state index in [-0.39, 0.29) is 24.6 Å². The Bertz CT molecular complexity index is 743. The van der Waals surface area contributed by atoms with Crippen molar-refractivity contribution in [2.24, 2.45) is 0 Å². The van der Waals surface area contributed by atoms with Gasteiger partial charge in [0.2, 0.25) is 5.91 Å². The molecule has 1 amide bonds. The summed E-state index contributed by atoms with van der Waals surface area (Å²) in [6.45, 7) is 2.56. The molecule has 2 heterocycles. The van der Waals surface area contributed by atoms with Gasteiger partial charge in [0.15, 0.2) is 5.69 Å². The number of rotatable bonds is 7. The zero-order valence-corrected chi connectivity index (χ0v) is 15.6. The average molecular weight is 443 g/mol. The summed E-state index contributed by atoms with van der Waals surface area (Å²) >= 11 is 8.95. The van der Waals surface area contributed by atoms with Crippen LogP contribution >= 0.6 is 27.5 Å². The second kappa shape index (κ2) is 8.22. The van der Waals surface area contributed by atoms with E-state index < -0.39 is 16.9 Å². The highest BCUT2D eigenvalue weighted by molar-refractivity contribution is 9.10. The van der Waals surface area contributed by atoms with Crippen molar-refractivity contribution >= 4 is 33.4 Å². The second-order valence-corrected chi connectivity index (χ2v) is 6.64. The van der Waals surface area contributed by atoms with Crippen LogP contribution in [-0.4, -0.2) is 32.0 Å². The van der Waals surface area contributed by atoms with Gasteiger partial charge in [-0.3, -0.25) is 14.2 Å². The Balaban J connectivity index is 1.76. The molecule has 2 rings (SSSR count). The summed E-state index contributed by atoms with van der Waals surface area (Å²) in [5, 5.41) is 9.83. The zero-order chi connectivity index (χ0) is 18.6. The molecule has 0 bridgehead atoms. The lowest BCUT2D eigenvalue weighted by Gasteiger charge is -2.07. The van der Waals surface area contributed by atoms with Crippen molar-refractivity contribution in [2.75, 3.05) is 6.54 Å². The van der Waals surface area contributed by atoms with Crippen molar-refractivity contribution in [3.05, 3.63) is 33.3 Å². The number of hydrogen-bond donors (Lipinski definition) is 1. The van der Waals surface area contributed by atoms with Crippen LogP contribution in [-0.2, 0) is 24.1 Å². The Hall–Kier alpha value is -1.55. The van der Waals surface area contributed by atoms with Crippen LogP contribution < -0.4 is 5.32 Å². The molecule has 0 aliphatic carbocycles. The maximum absolute atomic E-state index is 12.7. The Morgan fingerprint density at radius 1 is 1.40 bits per heavy atom. The maximum Gasteiger partial charge on any atom is 0.436 e. The van der Waals surface area contributed by atoms with Gasteiger partial charge < -0.3 is 5.32 Å². The van der Waals surface area contributed by atoms with Gasteiger partial charge in [-0.15, -0.1) is 0 Å². The van der Waals surface area contributed by atoms with Crippen molar-refractivity contribution in [3.63, 3.8) is 0 Å². The number of nitrogens with zero attached hydrogens (tertiary/aromatic N) is 4. The molecule has 138 valence electrons. The largest absolute Gasteiger partial charge is 0.436 e. The number of nitrogens with one attached hydrogen (secondary N) is 1. The van der Waals surface area contributed by atoms with Crippen LogP contribution in [0.5, 0.6) is 0 Å². The van der Waals surface area contributed by atoms with Crippen LogP contribution in [0.1, 0.15) is 24.2 Å².